The lowest BCUT2D eigenvalue weighted by atomic mass is 10.3. The van der Waals surface area contributed by atoms with Crippen LogP contribution in [0.25, 0.3) is 0 Å². The van der Waals surface area contributed by atoms with Gasteiger partial charge < -0.3 is 25.8 Å². The normalized spacial score (nSPS) is 11.3. The average Bonchev–Trinajstić information content (AvgIpc) is 2.79. The fourth-order valence-electron chi connectivity index (χ4n) is 2.64. The molecule has 2 aromatic carbocycles. The molecule has 11 nitrogen and oxygen atoms in total. The molecule has 0 fully saturated rings. The summed E-state index contributed by atoms with van der Waals surface area (Å²) >= 11 is 0. The maximum atomic E-state index is 12.7. The molecule has 0 unspecified atom stereocenters. The largest absolute Gasteiger partial charge is 0.501 e. The van der Waals surface area contributed by atoms with Crippen molar-refractivity contribution >= 4 is 39.3 Å². The second-order valence-electron chi connectivity index (χ2n) is 6.77. The van der Waals surface area contributed by atoms with Crippen molar-refractivity contribution < 1.29 is 45.4 Å². The smallest absolute Gasteiger partial charge is 0.457 e. The molecule has 0 aliphatic carbocycles. The third kappa shape index (κ3) is 6.47. The second kappa shape index (κ2) is 10.3. The molecule has 15 heteroatoms. The van der Waals surface area contributed by atoms with Crippen molar-refractivity contribution in [1.82, 2.24) is 4.98 Å². The van der Waals surface area contributed by atoms with E-state index in [9.17, 15) is 36.0 Å². The van der Waals surface area contributed by atoms with E-state index in [-0.39, 0.29) is 28.6 Å². The number of pyridine rings is 1. The number of aromatic nitrogens is 1. The Hall–Kier alpha value is -4.66. The van der Waals surface area contributed by atoms with Crippen LogP contribution >= 0.6 is 0 Å². The molecule has 36 heavy (non-hydrogen) atoms. The van der Waals surface area contributed by atoms with Gasteiger partial charge in [-0.25, -0.2) is 27.8 Å². The summed E-state index contributed by atoms with van der Waals surface area (Å²) < 4.78 is 71.1. The summed E-state index contributed by atoms with van der Waals surface area (Å²) in [6.07, 6.45) is -0.0541. The topological polar surface area (TPSA) is 167 Å². The van der Waals surface area contributed by atoms with Crippen LogP contribution < -0.4 is 21.1 Å². The van der Waals surface area contributed by atoms with E-state index in [1.165, 1.54) is 48.7 Å². The molecule has 0 bridgehead atoms. The van der Waals surface area contributed by atoms with E-state index in [2.05, 4.69) is 20.4 Å². The molecular weight excluding hydrogens is 509 g/mol. The Morgan fingerprint density at radius 2 is 1.56 bits per heavy atom. The molecule has 4 N–H and O–H groups in total. The molecular formula is C21H15F3N4O7S. The molecule has 0 aliphatic rings. The van der Waals surface area contributed by atoms with Gasteiger partial charge in [0.2, 0.25) is 0 Å². The number of ether oxygens (including phenoxy) is 2. The lowest BCUT2D eigenvalue weighted by Crippen LogP contribution is -2.24. The lowest BCUT2D eigenvalue weighted by Gasteiger charge is -2.11. The molecule has 0 radical (unpaired) electrons. The Morgan fingerprint density at radius 1 is 0.889 bits per heavy atom. The minimum absolute atomic E-state index is 0.175. The molecule has 3 amide bonds. The minimum Gasteiger partial charge on any atom is -0.457 e. The van der Waals surface area contributed by atoms with E-state index < -0.39 is 38.3 Å². The number of rotatable bonds is 6. The Morgan fingerprint density at radius 3 is 2.19 bits per heavy atom. The Balaban J connectivity index is 1.63. The van der Waals surface area contributed by atoms with E-state index >= 15 is 0 Å². The van der Waals surface area contributed by atoms with Gasteiger partial charge in [0.05, 0.1) is 4.90 Å². The standard InChI is InChI=1S/C21H15F3N4O7S/c22-21(23,24)36(32,33)16-3-1-2-13(10-16)28-20(31)27-12-4-6-14(7-5-12)34-15-8-9-26-17(11-15)18(29)35-19(25)30/h1-11H,(H2,25,30)(H2,27,28,31). The van der Waals surface area contributed by atoms with Crippen LogP contribution in [0.15, 0.2) is 71.8 Å². The van der Waals surface area contributed by atoms with Crippen LogP contribution in [0.4, 0.5) is 34.1 Å². The number of nitrogens with zero attached hydrogens (tertiary/aromatic N) is 1. The SMILES string of the molecule is NC(=O)OC(=O)c1cc(Oc2ccc(NC(=O)Nc3cccc(S(=O)(=O)C(F)(F)F)c3)cc2)ccn1. The summed E-state index contributed by atoms with van der Waals surface area (Å²) in [6, 6.07) is 11.3. The number of carbonyl (C=O) groups is 3. The van der Waals surface area contributed by atoms with Crippen LogP contribution in [0.5, 0.6) is 11.5 Å². The fourth-order valence-corrected chi connectivity index (χ4v) is 3.45. The van der Waals surface area contributed by atoms with Gasteiger partial charge in [-0.3, -0.25) is 0 Å². The highest BCUT2D eigenvalue weighted by molar-refractivity contribution is 7.92. The zero-order chi connectivity index (χ0) is 26.5. The van der Waals surface area contributed by atoms with Gasteiger partial charge in [0.1, 0.15) is 11.5 Å². The minimum atomic E-state index is -5.57. The first-order chi connectivity index (χ1) is 16.8. The Kier molecular flexibility index (Phi) is 7.43. The lowest BCUT2D eigenvalue weighted by molar-refractivity contribution is -0.0436. The summed E-state index contributed by atoms with van der Waals surface area (Å²) in [5, 5.41) is 4.66. The number of anilines is 2. The van der Waals surface area contributed by atoms with Gasteiger partial charge in [-0.05, 0) is 48.5 Å². The van der Waals surface area contributed by atoms with E-state index in [1.807, 2.05) is 0 Å². The molecule has 0 saturated carbocycles. The third-order valence-corrected chi connectivity index (χ3v) is 5.67. The molecule has 188 valence electrons. The number of urea groups is 1. The van der Waals surface area contributed by atoms with Crippen LogP contribution in [0, 0.1) is 0 Å². The number of carbonyl (C=O) groups excluding carboxylic acids is 3. The van der Waals surface area contributed by atoms with Crippen molar-refractivity contribution in [2.45, 2.75) is 10.4 Å². The van der Waals surface area contributed by atoms with Crippen molar-refractivity contribution in [3.63, 3.8) is 0 Å². The van der Waals surface area contributed by atoms with Gasteiger partial charge in [-0.2, -0.15) is 13.2 Å². The maximum Gasteiger partial charge on any atom is 0.501 e. The van der Waals surface area contributed by atoms with Gasteiger partial charge in [0.25, 0.3) is 9.84 Å². The number of esters is 1. The summed E-state index contributed by atoms with van der Waals surface area (Å²) in [5.74, 6) is -0.611. The highest BCUT2D eigenvalue weighted by Gasteiger charge is 2.46. The first-order valence-electron chi connectivity index (χ1n) is 9.60. The van der Waals surface area contributed by atoms with Gasteiger partial charge >= 0.3 is 23.6 Å². The summed E-state index contributed by atoms with van der Waals surface area (Å²) in [5.41, 5.74) is -0.846. The number of sulfone groups is 1. The first-order valence-corrected chi connectivity index (χ1v) is 11.1. The van der Waals surface area contributed by atoms with E-state index in [0.717, 1.165) is 12.1 Å². The van der Waals surface area contributed by atoms with Crippen LogP contribution in [0.2, 0.25) is 0 Å². The number of halogens is 3. The number of hydrogen-bond acceptors (Lipinski definition) is 8. The molecule has 0 aliphatic heterocycles. The molecule has 0 atom stereocenters. The number of nitrogens with one attached hydrogen (secondary N) is 2. The van der Waals surface area contributed by atoms with Gasteiger partial charge in [-0.1, -0.05) is 6.07 Å². The van der Waals surface area contributed by atoms with Crippen LogP contribution in [0.3, 0.4) is 0 Å². The zero-order valence-electron chi connectivity index (χ0n) is 17.8. The molecule has 1 heterocycles. The monoisotopic (exact) mass is 524 g/mol. The molecule has 1 aromatic heterocycles. The van der Waals surface area contributed by atoms with Crippen molar-refractivity contribution in [3.05, 3.63) is 72.6 Å². The van der Waals surface area contributed by atoms with Crippen LogP contribution in [-0.4, -0.2) is 37.0 Å². The van der Waals surface area contributed by atoms with Crippen molar-refractivity contribution in [1.29, 1.82) is 0 Å². The zero-order valence-corrected chi connectivity index (χ0v) is 18.6. The number of hydrogen-bond donors (Lipinski definition) is 3. The van der Waals surface area contributed by atoms with Gasteiger partial charge in [-0.15, -0.1) is 0 Å². The number of amides is 3. The predicted molar refractivity (Wildman–Crippen MR) is 118 cm³/mol. The highest BCUT2D eigenvalue weighted by Crippen LogP contribution is 2.31. The number of primary amides is 1. The highest BCUT2D eigenvalue weighted by atomic mass is 32.2. The Labute approximate surface area is 200 Å². The quantitative estimate of drug-likeness (QED) is 0.321. The maximum absolute atomic E-state index is 12.7. The van der Waals surface area contributed by atoms with Crippen molar-refractivity contribution in [2.75, 3.05) is 10.6 Å². The molecule has 0 spiro atoms. The Bertz CT molecular complexity index is 1410. The predicted octanol–water partition coefficient (Wildman–Crippen LogP) is 4.05. The average molecular weight is 524 g/mol. The summed E-state index contributed by atoms with van der Waals surface area (Å²) in [4.78, 5) is 37.3. The van der Waals surface area contributed by atoms with Crippen molar-refractivity contribution in [2.24, 2.45) is 5.73 Å². The number of benzene rings is 2. The number of alkyl halides is 3. The van der Waals surface area contributed by atoms with Crippen molar-refractivity contribution in [3.8, 4) is 11.5 Å². The van der Waals surface area contributed by atoms with Gasteiger partial charge in [0, 0.05) is 23.6 Å². The second-order valence-corrected chi connectivity index (χ2v) is 8.71. The number of nitrogens with two attached hydrogens (primary N) is 1. The first kappa shape index (κ1) is 26.0. The summed E-state index contributed by atoms with van der Waals surface area (Å²) in [6.45, 7) is 0. The van der Waals surface area contributed by atoms with Gasteiger partial charge in [0.15, 0.2) is 5.69 Å². The fraction of sp³-hybridized carbons (Fsp3) is 0.0476. The molecule has 3 aromatic rings. The van der Waals surface area contributed by atoms with E-state index in [0.29, 0.717) is 6.07 Å². The van der Waals surface area contributed by atoms with E-state index in [4.69, 9.17) is 10.5 Å². The van der Waals surface area contributed by atoms with E-state index in [1.54, 1.807) is 0 Å². The van der Waals surface area contributed by atoms with Crippen LogP contribution in [-0.2, 0) is 14.6 Å². The summed E-state index contributed by atoms with van der Waals surface area (Å²) in [7, 11) is -5.57. The van der Waals surface area contributed by atoms with Crippen LogP contribution in [0.1, 0.15) is 10.5 Å². The third-order valence-electron chi connectivity index (χ3n) is 4.19. The molecule has 3 rings (SSSR count). The molecule has 0 saturated heterocycles.